The summed E-state index contributed by atoms with van der Waals surface area (Å²) in [5.41, 5.74) is 0.510. The molecule has 0 fully saturated rings. The van der Waals surface area contributed by atoms with Gasteiger partial charge in [-0.05, 0) is 23.9 Å². The van der Waals surface area contributed by atoms with Crippen molar-refractivity contribution in [2.75, 3.05) is 12.4 Å². The number of nitriles is 1. The molecule has 0 amide bonds. The number of esters is 1. The minimum atomic E-state index is -0.386. The predicted octanol–water partition coefficient (Wildman–Crippen LogP) is 2.06. The van der Waals surface area contributed by atoms with Gasteiger partial charge in [-0.1, -0.05) is 30.0 Å². The number of ether oxygens (including phenoxy) is 1. The summed E-state index contributed by atoms with van der Waals surface area (Å²) in [6.07, 6.45) is 0. The molecule has 0 N–H and O–H groups in total. The highest BCUT2D eigenvalue weighted by Crippen LogP contribution is 2.00. The average Bonchev–Trinajstić information content (AvgIpc) is 2.34. The van der Waals surface area contributed by atoms with Crippen molar-refractivity contribution in [3.05, 3.63) is 35.9 Å². The third kappa shape index (κ3) is 4.54. The Labute approximate surface area is 98.4 Å². The molecule has 0 spiro atoms. The van der Waals surface area contributed by atoms with Crippen LogP contribution in [0.1, 0.15) is 10.4 Å². The first-order valence-corrected chi connectivity index (χ1v) is 5.52. The fourth-order valence-electron chi connectivity index (χ4n) is 0.930. The van der Waals surface area contributed by atoms with Crippen molar-refractivity contribution in [2.24, 2.45) is 0 Å². The molecule has 0 saturated heterocycles. The summed E-state index contributed by atoms with van der Waals surface area (Å²) in [5.74, 6) is 5.41. The van der Waals surface area contributed by atoms with Crippen LogP contribution in [0.15, 0.2) is 30.3 Å². The fourth-order valence-corrected chi connectivity index (χ4v) is 1.17. The first-order valence-electron chi connectivity index (χ1n) is 4.53. The van der Waals surface area contributed by atoms with Crippen LogP contribution in [0.25, 0.3) is 0 Å². The van der Waals surface area contributed by atoms with Crippen LogP contribution in [-0.2, 0) is 4.74 Å². The molecule has 16 heavy (non-hydrogen) atoms. The molecule has 0 atom stereocenters. The minimum Gasteiger partial charge on any atom is -0.449 e. The van der Waals surface area contributed by atoms with Gasteiger partial charge in [0.25, 0.3) is 0 Å². The number of hydrogen-bond donors (Lipinski definition) is 0. The Hall–Kier alpha value is -1.91. The highest BCUT2D eigenvalue weighted by atomic mass is 32.2. The molecule has 3 nitrogen and oxygen atoms in total. The second kappa shape index (κ2) is 7.39. The molecule has 0 unspecified atom stereocenters. The van der Waals surface area contributed by atoms with E-state index in [0.29, 0.717) is 11.3 Å². The minimum absolute atomic E-state index is 0.0553. The number of carbonyl (C=O) groups is 1. The van der Waals surface area contributed by atoms with Crippen LogP contribution in [0.3, 0.4) is 0 Å². The predicted molar refractivity (Wildman–Crippen MR) is 62.6 cm³/mol. The van der Waals surface area contributed by atoms with Crippen molar-refractivity contribution in [1.82, 2.24) is 0 Å². The normalized spacial score (nSPS) is 8.44. The van der Waals surface area contributed by atoms with E-state index >= 15 is 0 Å². The topological polar surface area (TPSA) is 50.1 Å². The number of hydrogen-bond acceptors (Lipinski definition) is 4. The lowest BCUT2D eigenvalue weighted by Crippen LogP contribution is -2.04. The SMILES string of the molecule is N#CSCC#CCOC(=O)c1ccccc1. The van der Waals surface area contributed by atoms with Gasteiger partial charge in [-0.3, -0.25) is 0 Å². The zero-order valence-corrected chi connectivity index (χ0v) is 9.29. The molecular formula is C12H9NO2S. The summed E-state index contributed by atoms with van der Waals surface area (Å²) >= 11 is 1.05. The van der Waals surface area contributed by atoms with E-state index in [2.05, 4.69) is 11.8 Å². The highest BCUT2D eigenvalue weighted by Gasteiger charge is 2.03. The van der Waals surface area contributed by atoms with Crippen LogP contribution in [0.4, 0.5) is 0 Å². The maximum atomic E-state index is 11.4. The van der Waals surface area contributed by atoms with Gasteiger partial charge in [0.05, 0.1) is 11.3 Å². The van der Waals surface area contributed by atoms with Gasteiger partial charge >= 0.3 is 5.97 Å². The number of nitrogens with zero attached hydrogens (tertiary/aromatic N) is 1. The van der Waals surface area contributed by atoms with Gasteiger partial charge in [0.15, 0.2) is 6.61 Å². The molecule has 0 saturated carbocycles. The molecule has 0 aliphatic heterocycles. The van der Waals surface area contributed by atoms with Crippen LogP contribution in [0.2, 0.25) is 0 Å². The summed E-state index contributed by atoms with van der Waals surface area (Å²) in [6, 6.07) is 8.73. The van der Waals surface area contributed by atoms with Gasteiger partial charge in [-0.15, -0.1) is 0 Å². The molecule has 1 aromatic rings. The van der Waals surface area contributed by atoms with Crippen molar-refractivity contribution >= 4 is 17.7 Å². The lowest BCUT2D eigenvalue weighted by Gasteiger charge is -1.99. The van der Waals surface area contributed by atoms with Gasteiger partial charge in [-0.25, -0.2) is 4.79 Å². The van der Waals surface area contributed by atoms with E-state index in [4.69, 9.17) is 10.00 Å². The zero-order chi connectivity index (χ0) is 11.6. The Bertz CT molecular complexity index is 440. The quantitative estimate of drug-likeness (QED) is 0.346. The van der Waals surface area contributed by atoms with Crippen molar-refractivity contribution in [3.8, 4) is 17.2 Å². The third-order valence-electron chi connectivity index (χ3n) is 1.62. The molecule has 0 heterocycles. The van der Waals surface area contributed by atoms with Gasteiger partial charge < -0.3 is 4.74 Å². The molecule has 80 valence electrons. The Morgan fingerprint density at radius 2 is 2.06 bits per heavy atom. The molecular weight excluding hydrogens is 222 g/mol. The summed E-state index contributed by atoms with van der Waals surface area (Å²) in [5, 5.41) is 10.1. The molecule has 1 aromatic carbocycles. The number of thioether (sulfide) groups is 1. The van der Waals surface area contributed by atoms with Crippen LogP contribution in [0.5, 0.6) is 0 Å². The first kappa shape index (κ1) is 12.2. The Kier molecular flexibility index (Phi) is 5.62. The van der Waals surface area contributed by atoms with Crippen molar-refractivity contribution < 1.29 is 9.53 Å². The van der Waals surface area contributed by atoms with Gasteiger partial charge in [0, 0.05) is 0 Å². The van der Waals surface area contributed by atoms with E-state index in [1.54, 1.807) is 24.3 Å². The van der Waals surface area contributed by atoms with Crippen LogP contribution in [-0.4, -0.2) is 18.3 Å². The van der Waals surface area contributed by atoms with E-state index in [1.165, 1.54) is 0 Å². The Morgan fingerprint density at radius 3 is 2.75 bits per heavy atom. The zero-order valence-electron chi connectivity index (χ0n) is 8.47. The lowest BCUT2D eigenvalue weighted by molar-refractivity contribution is 0.0556. The monoisotopic (exact) mass is 231 g/mol. The number of benzene rings is 1. The van der Waals surface area contributed by atoms with Gasteiger partial charge in [0.2, 0.25) is 0 Å². The van der Waals surface area contributed by atoms with E-state index in [0.717, 1.165) is 11.8 Å². The average molecular weight is 231 g/mol. The Morgan fingerprint density at radius 1 is 1.31 bits per heavy atom. The molecule has 1 rings (SSSR count). The molecule has 0 aliphatic rings. The lowest BCUT2D eigenvalue weighted by atomic mass is 10.2. The Balaban J connectivity index is 2.31. The molecule has 0 radical (unpaired) electrons. The number of thiocyanates is 1. The molecule has 0 bridgehead atoms. The first-order chi connectivity index (χ1) is 7.84. The van der Waals surface area contributed by atoms with Crippen molar-refractivity contribution in [3.63, 3.8) is 0 Å². The van der Waals surface area contributed by atoms with Crippen LogP contribution < -0.4 is 0 Å². The number of carbonyl (C=O) groups excluding carboxylic acids is 1. The van der Waals surface area contributed by atoms with Gasteiger partial charge in [0.1, 0.15) is 5.40 Å². The van der Waals surface area contributed by atoms with E-state index in [1.807, 2.05) is 11.5 Å². The van der Waals surface area contributed by atoms with Crippen LogP contribution in [0, 0.1) is 22.5 Å². The van der Waals surface area contributed by atoms with E-state index < -0.39 is 0 Å². The van der Waals surface area contributed by atoms with Crippen molar-refractivity contribution in [1.29, 1.82) is 5.26 Å². The standard InChI is InChI=1S/C12H9NO2S/c13-10-16-9-5-4-8-15-12(14)11-6-2-1-3-7-11/h1-3,6-7H,8-9H2. The molecule has 0 aliphatic carbocycles. The van der Waals surface area contributed by atoms with Crippen molar-refractivity contribution in [2.45, 2.75) is 0 Å². The summed E-state index contributed by atoms with van der Waals surface area (Å²) in [7, 11) is 0. The largest absolute Gasteiger partial charge is 0.449 e. The molecule has 0 aromatic heterocycles. The maximum Gasteiger partial charge on any atom is 0.339 e. The summed E-state index contributed by atoms with van der Waals surface area (Å²) < 4.78 is 4.90. The smallest absolute Gasteiger partial charge is 0.339 e. The highest BCUT2D eigenvalue weighted by molar-refractivity contribution is 8.03. The maximum absolute atomic E-state index is 11.4. The van der Waals surface area contributed by atoms with E-state index in [-0.39, 0.29) is 12.6 Å². The summed E-state index contributed by atoms with van der Waals surface area (Å²) in [4.78, 5) is 11.4. The third-order valence-corrected chi connectivity index (χ3v) is 2.04. The van der Waals surface area contributed by atoms with Gasteiger partial charge in [-0.2, -0.15) is 5.26 Å². The number of rotatable bonds is 3. The van der Waals surface area contributed by atoms with E-state index in [9.17, 15) is 4.79 Å². The fraction of sp³-hybridized carbons (Fsp3) is 0.167. The summed E-state index contributed by atoms with van der Waals surface area (Å²) in [6.45, 7) is 0.0553. The second-order valence-corrected chi connectivity index (χ2v) is 3.44. The second-order valence-electron chi connectivity index (χ2n) is 2.68. The molecule has 4 heteroatoms. The van der Waals surface area contributed by atoms with Crippen LogP contribution >= 0.6 is 11.8 Å².